The standard InChI is InChI=1S/C26H28N2O6/c1-32-21-5-2-17(3-6-21)25(30)18-8-10-27(11-9-18)26(31)19-14-24(29)28(16-19)20-4-7-22-23(15-20)34-13-12-33-22/h2-7,15,18-19H,8-14,16H2,1H3/t19-/m1/s1. The third-order valence-electron chi connectivity index (χ3n) is 6.86. The van der Waals surface area contributed by atoms with Crippen molar-refractivity contribution in [2.75, 3.05) is 44.9 Å². The molecule has 0 spiro atoms. The lowest BCUT2D eigenvalue weighted by molar-refractivity contribution is -0.137. The lowest BCUT2D eigenvalue weighted by atomic mass is 9.88. The van der Waals surface area contributed by atoms with Crippen molar-refractivity contribution in [1.29, 1.82) is 0 Å². The molecule has 2 fully saturated rings. The predicted molar refractivity (Wildman–Crippen MR) is 125 cm³/mol. The summed E-state index contributed by atoms with van der Waals surface area (Å²) >= 11 is 0. The number of methoxy groups -OCH3 is 1. The molecule has 178 valence electrons. The Balaban J connectivity index is 1.18. The van der Waals surface area contributed by atoms with Gasteiger partial charge in [-0.15, -0.1) is 0 Å². The van der Waals surface area contributed by atoms with E-state index >= 15 is 0 Å². The molecule has 0 aromatic heterocycles. The van der Waals surface area contributed by atoms with E-state index in [0.717, 1.165) is 0 Å². The van der Waals surface area contributed by atoms with Crippen molar-refractivity contribution < 1.29 is 28.6 Å². The number of nitrogens with zero attached hydrogens (tertiary/aromatic N) is 2. The highest BCUT2D eigenvalue weighted by Crippen LogP contribution is 2.36. The number of ketones is 1. The van der Waals surface area contributed by atoms with Gasteiger partial charge in [-0.1, -0.05) is 0 Å². The van der Waals surface area contributed by atoms with E-state index < -0.39 is 0 Å². The molecule has 0 bridgehead atoms. The Morgan fingerprint density at radius 2 is 1.65 bits per heavy atom. The quantitative estimate of drug-likeness (QED) is 0.633. The number of ether oxygens (including phenoxy) is 3. The Morgan fingerprint density at radius 3 is 2.35 bits per heavy atom. The summed E-state index contributed by atoms with van der Waals surface area (Å²) in [7, 11) is 1.59. The van der Waals surface area contributed by atoms with Crippen LogP contribution in [0, 0.1) is 11.8 Å². The molecule has 0 aliphatic carbocycles. The molecule has 3 heterocycles. The highest BCUT2D eigenvalue weighted by atomic mass is 16.6. The zero-order valence-electron chi connectivity index (χ0n) is 19.2. The molecule has 2 aromatic rings. The van der Waals surface area contributed by atoms with E-state index in [1.54, 1.807) is 48.4 Å². The molecule has 2 aromatic carbocycles. The van der Waals surface area contributed by atoms with Crippen molar-refractivity contribution in [3.63, 3.8) is 0 Å². The average molecular weight is 465 g/mol. The fourth-order valence-electron chi connectivity index (χ4n) is 4.93. The first kappa shape index (κ1) is 22.3. The number of benzene rings is 2. The van der Waals surface area contributed by atoms with Crippen LogP contribution in [0.15, 0.2) is 42.5 Å². The van der Waals surface area contributed by atoms with Crippen LogP contribution in [-0.4, -0.2) is 62.5 Å². The van der Waals surface area contributed by atoms with Crippen molar-refractivity contribution in [1.82, 2.24) is 4.90 Å². The summed E-state index contributed by atoms with van der Waals surface area (Å²) in [6.07, 6.45) is 1.45. The van der Waals surface area contributed by atoms with Gasteiger partial charge in [0.15, 0.2) is 17.3 Å². The molecule has 8 heteroatoms. The number of likely N-dealkylation sites (tertiary alicyclic amines) is 1. The summed E-state index contributed by atoms with van der Waals surface area (Å²) in [6, 6.07) is 12.6. The SMILES string of the molecule is COc1ccc(C(=O)C2CCN(C(=O)[C@@H]3CC(=O)N(c4ccc5c(c4)OCCO5)C3)CC2)cc1. The van der Waals surface area contributed by atoms with Crippen molar-refractivity contribution in [2.24, 2.45) is 11.8 Å². The Morgan fingerprint density at radius 1 is 0.941 bits per heavy atom. The highest BCUT2D eigenvalue weighted by Gasteiger charge is 2.39. The number of fused-ring (bicyclic) bond motifs is 1. The summed E-state index contributed by atoms with van der Waals surface area (Å²) in [5.74, 6) is 1.55. The minimum atomic E-state index is -0.380. The monoisotopic (exact) mass is 464 g/mol. The van der Waals surface area contributed by atoms with E-state index in [-0.39, 0.29) is 35.9 Å². The van der Waals surface area contributed by atoms with E-state index in [1.165, 1.54) is 0 Å². The predicted octanol–water partition coefficient (Wildman–Crippen LogP) is 2.94. The maximum atomic E-state index is 13.2. The van der Waals surface area contributed by atoms with E-state index in [1.807, 2.05) is 11.0 Å². The molecule has 2 amide bonds. The maximum absolute atomic E-state index is 13.2. The number of piperidine rings is 1. The number of Topliss-reactive ketones (excluding diaryl/α,β-unsaturated/α-hetero) is 1. The van der Waals surface area contributed by atoms with Crippen LogP contribution in [0.1, 0.15) is 29.6 Å². The molecular weight excluding hydrogens is 436 g/mol. The van der Waals surface area contributed by atoms with Crippen LogP contribution in [0.3, 0.4) is 0 Å². The zero-order valence-corrected chi connectivity index (χ0v) is 19.2. The topological polar surface area (TPSA) is 85.4 Å². The van der Waals surface area contributed by atoms with Gasteiger partial charge in [-0.3, -0.25) is 14.4 Å². The Labute approximate surface area is 198 Å². The molecule has 1 atom stereocenters. The van der Waals surface area contributed by atoms with Gasteiger partial charge < -0.3 is 24.0 Å². The summed E-state index contributed by atoms with van der Waals surface area (Å²) < 4.78 is 16.3. The summed E-state index contributed by atoms with van der Waals surface area (Å²) in [5, 5.41) is 0. The Hall–Kier alpha value is -3.55. The summed E-state index contributed by atoms with van der Waals surface area (Å²) in [5.41, 5.74) is 1.38. The molecule has 8 nitrogen and oxygen atoms in total. The second kappa shape index (κ2) is 9.37. The van der Waals surface area contributed by atoms with Crippen molar-refractivity contribution in [2.45, 2.75) is 19.3 Å². The average Bonchev–Trinajstić information content (AvgIpc) is 3.29. The normalized spacial score (nSPS) is 20.4. The van der Waals surface area contributed by atoms with Gasteiger partial charge in [0.05, 0.1) is 13.0 Å². The third kappa shape index (κ3) is 4.32. The largest absolute Gasteiger partial charge is 0.497 e. The number of amides is 2. The molecular formula is C26H28N2O6. The molecule has 0 N–H and O–H groups in total. The van der Waals surface area contributed by atoms with Gasteiger partial charge >= 0.3 is 0 Å². The van der Waals surface area contributed by atoms with Gasteiger partial charge in [0, 0.05) is 49.3 Å². The van der Waals surface area contributed by atoms with E-state index in [0.29, 0.717) is 74.2 Å². The molecule has 0 radical (unpaired) electrons. The van der Waals surface area contributed by atoms with Crippen LogP contribution >= 0.6 is 0 Å². The second-order valence-corrected chi connectivity index (χ2v) is 8.93. The lowest BCUT2D eigenvalue weighted by Gasteiger charge is -2.33. The first-order valence-electron chi connectivity index (χ1n) is 11.7. The molecule has 0 saturated carbocycles. The van der Waals surface area contributed by atoms with Gasteiger partial charge in [0.25, 0.3) is 0 Å². The third-order valence-corrected chi connectivity index (χ3v) is 6.86. The molecule has 3 aliphatic heterocycles. The van der Waals surface area contributed by atoms with Gasteiger partial charge in [0.2, 0.25) is 11.8 Å². The van der Waals surface area contributed by atoms with E-state index in [2.05, 4.69) is 0 Å². The number of hydrogen-bond acceptors (Lipinski definition) is 6. The van der Waals surface area contributed by atoms with Crippen molar-refractivity contribution >= 4 is 23.3 Å². The smallest absolute Gasteiger partial charge is 0.228 e. The molecule has 0 unspecified atom stereocenters. The van der Waals surface area contributed by atoms with Gasteiger partial charge in [-0.05, 0) is 49.2 Å². The Bertz CT molecular complexity index is 1090. The van der Waals surface area contributed by atoms with Gasteiger partial charge in [-0.25, -0.2) is 0 Å². The number of rotatable bonds is 5. The molecule has 2 saturated heterocycles. The van der Waals surface area contributed by atoms with E-state index in [4.69, 9.17) is 14.2 Å². The van der Waals surface area contributed by atoms with Crippen LogP contribution in [0.25, 0.3) is 0 Å². The van der Waals surface area contributed by atoms with Crippen molar-refractivity contribution in [3.05, 3.63) is 48.0 Å². The van der Waals surface area contributed by atoms with Crippen LogP contribution < -0.4 is 19.1 Å². The van der Waals surface area contributed by atoms with Crippen molar-refractivity contribution in [3.8, 4) is 17.2 Å². The lowest BCUT2D eigenvalue weighted by Crippen LogP contribution is -2.43. The second-order valence-electron chi connectivity index (χ2n) is 8.93. The molecule has 3 aliphatic rings. The van der Waals surface area contributed by atoms with Gasteiger partial charge in [0.1, 0.15) is 19.0 Å². The first-order chi connectivity index (χ1) is 16.5. The summed E-state index contributed by atoms with van der Waals surface area (Å²) in [6.45, 7) is 2.39. The summed E-state index contributed by atoms with van der Waals surface area (Å²) in [4.78, 5) is 42.2. The number of anilines is 1. The molecule has 5 rings (SSSR count). The minimum Gasteiger partial charge on any atom is -0.497 e. The Kier molecular flexibility index (Phi) is 6.13. The van der Waals surface area contributed by atoms with Gasteiger partial charge in [-0.2, -0.15) is 0 Å². The number of hydrogen-bond donors (Lipinski definition) is 0. The molecule has 34 heavy (non-hydrogen) atoms. The van der Waals surface area contributed by atoms with E-state index in [9.17, 15) is 14.4 Å². The van der Waals surface area contributed by atoms with Crippen LogP contribution in [0.5, 0.6) is 17.2 Å². The highest BCUT2D eigenvalue weighted by molar-refractivity contribution is 6.01. The fourth-order valence-corrected chi connectivity index (χ4v) is 4.93. The van der Waals surface area contributed by atoms with Crippen LogP contribution in [-0.2, 0) is 9.59 Å². The fraction of sp³-hybridized carbons (Fsp3) is 0.423. The minimum absolute atomic E-state index is 0.0104. The maximum Gasteiger partial charge on any atom is 0.228 e. The first-order valence-corrected chi connectivity index (χ1v) is 11.7. The number of carbonyl (C=O) groups excluding carboxylic acids is 3. The van der Waals surface area contributed by atoms with Crippen LogP contribution in [0.2, 0.25) is 0 Å². The van der Waals surface area contributed by atoms with Crippen LogP contribution in [0.4, 0.5) is 5.69 Å². The number of carbonyl (C=O) groups is 3. The zero-order chi connectivity index (χ0) is 23.7.